The van der Waals surface area contributed by atoms with Gasteiger partial charge in [0.25, 0.3) is 0 Å². The lowest BCUT2D eigenvalue weighted by molar-refractivity contribution is 0.616. The summed E-state index contributed by atoms with van der Waals surface area (Å²) < 4.78 is 13.4. The first-order chi connectivity index (χ1) is 6.27. The van der Waals surface area contributed by atoms with E-state index in [-0.39, 0.29) is 4.77 Å². The van der Waals surface area contributed by atoms with Gasteiger partial charge in [-0.25, -0.2) is 9.37 Å². The van der Waals surface area contributed by atoms with E-state index in [0.29, 0.717) is 11.4 Å². The van der Waals surface area contributed by atoms with Crippen molar-refractivity contribution in [3.63, 3.8) is 0 Å². The standard InChI is InChI=1S/C8H6FN3S/c9-5-4-11-8(13)12-7(5)6-2-1-3-10-6/h1-4,10H,(H,11,12,13). The van der Waals surface area contributed by atoms with Crippen molar-refractivity contribution in [2.24, 2.45) is 0 Å². The number of rotatable bonds is 1. The molecule has 0 fully saturated rings. The summed E-state index contributed by atoms with van der Waals surface area (Å²) >= 11 is 4.79. The molecule has 0 unspecified atom stereocenters. The van der Waals surface area contributed by atoms with Crippen molar-refractivity contribution in [2.75, 3.05) is 0 Å². The maximum absolute atomic E-state index is 13.2. The van der Waals surface area contributed by atoms with Crippen LogP contribution in [0.4, 0.5) is 4.39 Å². The number of hydrogen-bond acceptors (Lipinski definition) is 2. The fourth-order valence-electron chi connectivity index (χ4n) is 1.06. The average Bonchev–Trinajstić information content (AvgIpc) is 2.61. The highest BCUT2D eigenvalue weighted by Crippen LogP contribution is 2.16. The van der Waals surface area contributed by atoms with E-state index >= 15 is 0 Å². The molecule has 0 bridgehead atoms. The summed E-state index contributed by atoms with van der Waals surface area (Å²) in [4.78, 5) is 9.17. The van der Waals surface area contributed by atoms with Crippen LogP contribution in [0.25, 0.3) is 11.4 Å². The van der Waals surface area contributed by atoms with Crippen LogP contribution in [0.2, 0.25) is 0 Å². The van der Waals surface area contributed by atoms with Crippen LogP contribution in [0.5, 0.6) is 0 Å². The third-order valence-corrected chi connectivity index (χ3v) is 1.84. The Balaban J connectivity index is 2.64. The van der Waals surface area contributed by atoms with Gasteiger partial charge in [0, 0.05) is 6.20 Å². The number of aromatic amines is 2. The van der Waals surface area contributed by atoms with Gasteiger partial charge in [-0.15, -0.1) is 0 Å². The number of aromatic nitrogens is 3. The van der Waals surface area contributed by atoms with Gasteiger partial charge >= 0.3 is 0 Å². The zero-order valence-electron chi connectivity index (χ0n) is 6.54. The maximum Gasteiger partial charge on any atom is 0.197 e. The molecule has 0 aliphatic carbocycles. The van der Waals surface area contributed by atoms with Crippen molar-refractivity contribution in [1.82, 2.24) is 15.0 Å². The molecule has 0 aliphatic rings. The highest BCUT2D eigenvalue weighted by Gasteiger charge is 2.05. The molecule has 2 aromatic rings. The summed E-state index contributed by atoms with van der Waals surface area (Å²) in [7, 11) is 0. The molecule has 2 N–H and O–H groups in total. The highest BCUT2D eigenvalue weighted by molar-refractivity contribution is 7.71. The smallest absolute Gasteiger partial charge is 0.197 e. The van der Waals surface area contributed by atoms with E-state index in [1.165, 1.54) is 0 Å². The first-order valence-electron chi connectivity index (χ1n) is 3.66. The summed E-state index contributed by atoms with van der Waals surface area (Å²) in [6.07, 6.45) is 2.82. The van der Waals surface area contributed by atoms with Crippen molar-refractivity contribution >= 4 is 12.2 Å². The van der Waals surface area contributed by atoms with E-state index in [9.17, 15) is 4.39 Å². The second-order valence-corrected chi connectivity index (χ2v) is 2.88. The van der Waals surface area contributed by atoms with Gasteiger partial charge in [-0.1, -0.05) is 0 Å². The Bertz CT molecular complexity index is 460. The van der Waals surface area contributed by atoms with E-state index in [1.54, 1.807) is 18.3 Å². The normalized spacial score (nSPS) is 10.2. The molecule has 0 aliphatic heterocycles. The fourth-order valence-corrected chi connectivity index (χ4v) is 1.22. The van der Waals surface area contributed by atoms with E-state index in [4.69, 9.17) is 12.2 Å². The third-order valence-electron chi connectivity index (χ3n) is 1.63. The molecule has 2 aromatic heterocycles. The largest absolute Gasteiger partial charge is 0.360 e. The lowest BCUT2D eigenvalue weighted by Gasteiger charge is -1.98. The Kier molecular flexibility index (Phi) is 1.94. The van der Waals surface area contributed by atoms with Crippen LogP contribution in [0.1, 0.15) is 0 Å². The molecule has 0 spiro atoms. The van der Waals surface area contributed by atoms with E-state index < -0.39 is 5.82 Å². The summed E-state index contributed by atoms with van der Waals surface area (Å²) in [5, 5.41) is 0. The van der Waals surface area contributed by atoms with Gasteiger partial charge in [-0.3, -0.25) is 0 Å². The first-order valence-corrected chi connectivity index (χ1v) is 4.07. The summed E-state index contributed by atoms with van der Waals surface area (Å²) in [6, 6.07) is 3.54. The van der Waals surface area contributed by atoms with Crippen LogP contribution < -0.4 is 0 Å². The van der Waals surface area contributed by atoms with Crippen LogP contribution >= 0.6 is 12.2 Å². The number of H-pyrrole nitrogens is 2. The lowest BCUT2D eigenvalue weighted by Crippen LogP contribution is -1.91. The van der Waals surface area contributed by atoms with Crippen molar-refractivity contribution in [3.05, 3.63) is 35.1 Å². The molecular formula is C8H6FN3S. The molecule has 0 saturated heterocycles. The molecule has 13 heavy (non-hydrogen) atoms. The van der Waals surface area contributed by atoms with Crippen molar-refractivity contribution in [3.8, 4) is 11.4 Å². The van der Waals surface area contributed by atoms with Gasteiger partial charge in [-0.05, 0) is 24.4 Å². The van der Waals surface area contributed by atoms with Gasteiger partial charge in [0.1, 0.15) is 5.69 Å². The maximum atomic E-state index is 13.2. The van der Waals surface area contributed by atoms with Gasteiger partial charge in [0.15, 0.2) is 10.6 Å². The molecule has 2 rings (SSSR count). The molecule has 0 radical (unpaired) electrons. The molecule has 0 saturated carbocycles. The minimum absolute atomic E-state index is 0.269. The summed E-state index contributed by atoms with van der Waals surface area (Å²) in [5.74, 6) is -0.420. The predicted octanol–water partition coefficient (Wildman–Crippen LogP) is 2.27. The Morgan fingerprint density at radius 3 is 3.00 bits per heavy atom. The Morgan fingerprint density at radius 1 is 1.46 bits per heavy atom. The fraction of sp³-hybridized carbons (Fsp3) is 0. The van der Waals surface area contributed by atoms with Crippen molar-refractivity contribution < 1.29 is 4.39 Å². The molecule has 5 heteroatoms. The minimum Gasteiger partial charge on any atom is -0.360 e. The monoisotopic (exact) mass is 195 g/mol. The Labute approximate surface area is 78.7 Å². The predicted molar refractivity (Wildman–Crippen MR) is 49.2 cm³/mol. The van der Waals surface area contributed by atoms with Crippen LogP contribution in [-0.4, -0.2) is 15.0 Å². The molecule has 3 nitrogen and oxygen atoms in total. The molecular weight excluding hydrogens is 189 g/mol. The van der Waals surface area contributed by atoms with E-state index in [0.717, 1.165) is 6.20 Å². The Morgan fingerprint density at radius 2 is 2.31 bits per heavy atom. The van der Waals surface area contributed by atoms with Crippen LogP contribution in [0, 0.1) is 10.6 Å². The topological polar surface area (TPSA) is 44.5 Å². The molecule has 2 heterocycles. The van der Waals surface area contributed by atoms with Gasteiger partial charge in [0.2, 0.25) is 0 Å². The summed E-state index contributed by atoms with van der Waals surface area (Å²) in [5.41, 5.74) is 0.996. The zero-order chi connectivity index (χ0) is 9.26. The third kappa shape index (κ3) is 1.50. The Hall–Kier alpha value is -1.49. The molecule has 0 amide bonds. The minimum atomic E-state index is -0.420. The van der Waals surface area contributed by atoms with Gasteiger partial charge in [0.05, 0.1) is 11.9 Å². The molecule has 66 valence electrons. The number of hydrogen-bond donors (Lipinski definition) is 2. The van der Waals surface area contributed by atoms with Crippen LogP contribution in [0.3, 0.4) is 0 Å². The summed E-state index contributed by atoms with van der Waals surface area (Å²) in [6.45, 7) is 0. The number of nitrogens with one attached hydrogen (secondary N) is 2. The van der Waals surface area contributed by atoms with Crippen LogP contribution in [0.15, 0.2) is 24.5 Å². The van der Waals surface area contributed by atoms with Crippen molar-refractivity contribution in [1.29, 1.82) is 0 Å². The van der Waals surface area contributed by atoms with E-state index in [2.05, 4.69) is 15.0 Å². The number of halogens is 1. The molecule has 0 atom stereocenters. The highest BCUT2D eigenvalue weighted by atomic mass is 32.1. The van der Waals surface area contributed by atoms with Crippen molar-refractivity contribution in [2.45, 2.75) is 0 Å². The SMILES string of the molecule is Fc1cnc(=S)[nH]c1-c1ccc[nH]1. The number of nitrogens with zero attached hydrogens (tertiary/aromatic N) is 1. The van der Waals surface area contributed by atoms with Crippen LogP contribution in [-0.2, 0) is 0 Å². The lowest BCUT2D eigenvalue weighted by atomic mass is 10.3. The molecule has 0 aromatic carbocycles. The zero-order valence-corrected chi connectivity index (χ0v) is 7.36. The second kappa shape index (κ2) is 3.10. The van der Waals surface area contributed by atoms with E-state index in [1.807, 2.05) is 0 Å². The average molecular weight is 195 g/mol. The second-order valence-electron chi connectivity index (χ2n) is 2.50. The van der Waals surface area contributed by atoms with Gasteiger partial charge in [-0.2, -0.15) is 0 Å². The quantitative estimate of drug-likeness (QED) is 0.685. The van der Waals surface area contributed by atoms with Gasteiger partial charge < -0.3 is 9.97 Å². The first kappa shape index (κ1) is 8.12.